The van der Waals surface area contributed by atoms with Crippen LogP contribution in [0.2, 0.25) is 0 Å². The van der Waals surface area contributed by atoms with E-state index < -0.39 is 12.0 Å². The number of ether oxygens (including phenoxy) is 2. The van der Waals surface area contributed by atoms with Crippen molar-refractivity contribution in [1.29, 1.82) is 5.26 Å². The average molecular weight is 372 g/mol. The summed E-state index contributed by atoms with van der Waals surface area (Å²) in [5.74, 6) is 1.09. The summed E-state index contributed by atoms with van der Waals surface area (Å²) in [5.41, 5.74) is 1.03. The van der Waals surface area contributed by atoms with Crippen molar-refractivity contribution in [3.05, 3.63) is 23.8 Å². The highest BCUT2D eigenvalue weighted by atomic mass is 16.5. The second kappa shape index (κ2) is 9.09. The maximum absolute atomic E-state index is 11.8. The second-order valence-electron chi connectivity index (χ2n) is 7.47. The van der Waals surface area contributed by atoms with E-state index in [0.717, 1.165) is 24.8 Å². The summed E-state index contributed by atoms with van der Waals surface area (Å²) in [6, 6.07) is 7.87. The number of nitrogens with zero attached hydrogens (tertiary/aromatic N) is 2. The molecule has 3 atom stereocenters. The van der Waals surface area contributed by atoms with Gasteiger partial charge in [0.2, 0.25) is 0 Å². The Bertz CT molecular complexity index is 700. The largest absolute Gasteiger partial charge is 0.493 e. The van der Waals surface area contributed by atoms with Gasteiger partial charge in [-0.05, 0) is 49.3 Å². The molecule has 1 N–H and O–H groups in total. The van der Waals surface area contributed by atoms with Gasteiger partial charge in [0.15, 0.2) is 11.5 Å². The summed E-state index contributed by atoms with van der Waals surface area (Å²) in [4.78, 5) is 14.0. The third kappa shape index (κ3) is 4.54. The minimum Gasteiger partial charge on any atom is -0.493 e. The number of carboxylic acids is 1. The van der Waals surface area contributed by atoms with Gasteiger partial charge in [-0.25, -0.2) is 0 Å². The number of benzene rings is 1. The van der Waals surface area contributed by atoms with Crippen LogP contribution in [0.4, 0.5) is 0 Å². The van der Waals surface area contributed by atoms with Gasteiger partial charge in [-0.1, -0.05) is 18.9 Å². The molecule has 1 heterocycles. The van der Waals surface area contributed by atoms with Crippen LogP contribution in [-0.4, -0.2) is 41.8 Å². The number of likely N-dealkylation sites (tertiary alicyclic amines) is 1. The van der Waals surface area contributed by atoms with Crippen molar-refractivity contribution >= 4 is 5.97 Å². The van der Waals surface area contributed by atoms with E-state index >= 15 is 0 Å². The summed E-state index contributed by atoms with van der Waals surface area (Å²) in [6.45, 7) is 1.07. The lowest BCUT2D eigenvalue weighted by molar-refractivity contribution is -0.142. The molecule has 146 valence electrons. The zero-order valence-electron chi connectivity index (χ0n) is 15.9. The number of unbranched alkanes of at least 4 members (excludes halogenated alkanes) is 1. The van der Waals surface area contributed by atoms with Gasteiger partial charge in [0.25, 0.3) is 0 Å². The van der Waals surface area contributed by atoms with Gasteiger partial charge in [-0.15, -0.1) is 0 Å². The molecule has 6 nitrogen and oxygen atoms in total. The SMILES string of the molecule is COc1ccc(CN2C(C(=O)O)CC3CCCCC32)cc1OCCCC#N. The molecule has 6 heteroatoms. The summed E-state index contributed by atoms with van der Waals surface area (Å²) in [6.07, 6.45) is 6.50. The molecule has 1 saturated heterocycles. The zero-order chi connectivity index (χ0) is 19.2. The van der Waals surface area contributed by atoms with Crippen LogP contribution >= 0.6 is 0 Å². The first kappa shape index (κ1) is 19.5. The van der Waals surface area contributed by atoms with Crippen LogP contribution in [0.25, 0.3) is 0 Å². The molecule has 0 radical (unpaired) electrons. The van der Waals surface area contributed by atoms with Gasteiger partial charge in [-0.2, -0.15) is 5.26 Å². The molecule has 0 amide bonds. The molecule has 1 aliphatic heterocycles. The predicted octanol–water partition coefficient (Wildman–Crippen LogP) is 3.60. The molecule has 1 aromatic rings. The maximum atomic E-state index is 11.8. The Hall–Kier alpha value is -2.26. The van der Waals surface area contributed by atoms with Crippen molar-refractivity contribution < 1.29 is 19.4 Å². The number of hydrogen-bond acceptors (Lipinski definition) is 5. The van der Waals surface area contributed by atoms with Gasteiger partial charge < -0.3 is 14.6 Å². The number of fused-ring (bicyclic) bond motifs is 1. The van der Waals surface area contributed by atoms with Crippen molar-refractivity contribution in [2.24, 2.45) is 5.92 Å². The summed E-state index contributed by atoms with van der Waals surface area (Å²) >= 11 is 0. The Morgan fingerprint density at radius 2 is 2.15 bits per heavy atom. The van der Waals surface area contributed by atoms with Crippen LogP contribution < -0.4 is 9.47 Å². The van der Waals surface area contributed by atoms with Gasteiger partial charge in [0, 0.05) is 19.0 Å². The molecule has 0 aromatic heterocycles. The Morgan fingerprint density at radius 1 is 1.33 bits per heavy atom. The van der Waals surface area contributed by atoms with E-state index in [2.05, 4.69) is 11.0 Å². The Morgan fingerprint density at radius 3 is 2.89 bits per heavy atom. The minimum atomic E-state index is -0.717. The Kier molecular flexibility index (Phi) is 6.57. The van der Waals surface area contributed by atoms with Crippen molar-refractivity contribution in [2.75, 3.05) is 13.7 Å². The summed E-state index contributed by atoms with van der Waals surface area (Å²) in [7, 11) is 1.60. The molecule has 3 unspecified atom stereocenters. The molecule has 0 spiro atoms. The number of rotatable bonds is 8. The fraction of sp³-hybridized carbons (Fsp3) is 0.619. The van der Waals surface area contributed by atoms with Gasteiger partial charge >= 0.3 is 5.97 Å². The predicted molar refractivity (Wildman–Crippen MR) is 101 cm³/mol. The van der Waals surface area contributed by atoms with E-state index in [-0.39, 0.29) is 0 Å². The monoisotopic (exact) mass is 372 g/mol. The maximum Gasteiger partial charge on any atom is 0.320 e. The summed E-state index contributed by atoms with van der Waals surface area (Å²) < 4.78 is 11.2. The number of methoxy groups -OCH3 is 1. The van der Waals surface area contributed by atoms with E-state index in [9.17, 15) is 9.90 Å². The lowest BCUT2D eigenvalue weighted by Crippen LogP contribution is -2.41. The highest BCUT2D eigenvalue weighted by Gasteiger charge is 2.44. The molecule has 1 aliphatic carbocycles. The lowest BCUT2D eigenvalue weighted by atomic mass is 9.84. The number of nitriles is 1. The quantitative estimate of drug-likeness (QED) is 0.702. The van der Waals surface area contributed by atoms with Crippen LogP contribution in [-0.2, 0) is 11.3 Å². The fourth-order valence-corrected chi connectivity index (χ4v) is 4.50. The van der Waals surface area contributed by atoms with Crippen LogP contribution in [0.15, 0.2) is 18.2 Å². The third-order valence-corrected chi connectivity index (χ3v) is 5.79. The zero-order valence-corrected chi connectivity index (χ0v) is 15.9. The van der Waals surface area contributed by atoms with E-state index in [4.69, 9.17) is 14.7 Å². The van der Waals surface area contributed by atoms with E-state index in [0.29, 0.717) is 49.5 Å². The van der Waals surface area contributed by atoms with E-state index in [1.54, 1.807) is 7.11 Å². The second-order valence-corrected chi connectivity index (χ2v) is 7.47. The van der Waals surface area contributed by atoms with Crippen molar-refractivity contribution in [3.63, 3.8) is 0 Å². The number of aliphatic carboxylic acids is 1. The van der Waals surface area contributed by atoms with Crippen LogP contribution in [0.3, 0.4) is 0 Å². The number of carboxylic acid groups (broad SMARTS) is 1. The lowest BCUT2D eigenvalue weighted by Gasteiger charge is -2.33. The summed E-state index contributed by atoms with van der Waals surface area (Å²) in [5, 5.41) is 18.3. The van der Waals surface area contributed by atoms with Crippen LogP contribution in [0.1, 0.15) is 50.5 Å². The first-order chi connectivity index (χ1) is 13.1. The third-order valence-electron chi connectivity index (χ3n) is 5.79. The molecular formula is C21H28N2O4. The van der Waals surface area contributed by atoms with Gasteiger partial charge in [-0.3, -0.25) is 9.69 Å². The smallest absolute Gasteiger partial charge is 0.320 e. The van der Waals surface area contributed by atoms with Crippen LogP contribution in [0.5, 0.6) is 11.5 Å². The fourth-order valence-electron chi connectivity index (χ4n) is 4.50. The van der Waals surface area contributed by atoms with E-state index in [1.807, 2.05) is 18.2 Å². The minimum absolute atomic E-state index is 0.363. The molecule has 2 fully saturated rings. The number of hydrogen-bond donors (Lipinski definition) is 1. The van der Waals surface area contributed by atoms with Gasteiger partial charge in [0.1, 0.15) is 6.04 Å². The van der Waals surface area contributed by atoms with Crippen LogP contribution in [0, 0.1) is 17.2 Å². The standard InChI is InChI=1S/C21H28N2O4/c1-26-19-9-8-15(12-20(19)27-11-5-4-10-22)14-23-17-7-3-2-6-16(17)13-18(23)21(24)25/h8-9,12,16-18H,2-7,11,13-14H2,1H3,(H,24,25). The van der Waals surface area contributed by atoms with Crippen molar-refractivity contribution in [2.45, 2.75) is 63.6 Å². The molecule has 1 aromatic carbocycles. The van der Waals surface area contributed by atoms with E-state index in [1.165, 1.54) is 12.8 Å². The molecule has 0 bridgehead atoms. The Labute approximate surface area is 160 Å². The molecule has 3 rings (SSSR count). The molecule has 27 heavy (non-hydrogen) atoms. The number of carbonyl (C=O) groups is 1. The average Bonchev–Trinajstić information content (AvgIpc) is 3.04. The van der Waals surface area contributed by atoms with Crippen molar-refractivity contribution in [1.82, 2.24) is 4.90 Å². The topological polar surface area (TPSA) is 82.8 Å². The molecule has 1 saturated carbocycles. The van der Waals surface area contributed by atoms with Crippen molar-refractivity contribution in [3.8, 4) is 17.6 Å². The first-order valence-electron chi connectivity index (χ1n) is 9.79. The molecule has 2 aliphatic rings. The molecular weight excluding hydrogens is 344 g/mol. The highest BCUT2D eigenvalue weighted by molar-refractivity contribution is 5.74. The first-order valence-corrected chi connectivity index (χ1v) is 9.79. The van der Waals surface area contributed by atoms with Gasteiger partial charge in [0.05, 0.1) is 19.8 Å². The highest BCUT2D eigenvalue weighted by Crippen LogP contribution is 2.41. The normalized spacial score (nSPS) is 24.8. The Balaban J connectivity index is 1.75.